The molecule has 2 heteroatoms. The van der Waals surface area contributed by atoms with Crippen LogP contribution in [0.5, 0.6) is 0 Å². The zero-order valence-corrected chi connectivity index (χ0v) is 8.50. The molecule has 2 fully saturated rings. The Kier molecular flexibility index (Phi) is 2.56. The van der Waals surface area contributed by atoms with Crippen LogP contribution in [0, 0.1) is 11.8 Å². The van der Waals surface area contributed by atoms with Gasteiger partial charge in [-0.05, 0) is 31.6 Å². The quantitative estimate of drug-likeness (QED) is 0.514. The Morgan fingerprint density at radius 2 is 1.85 bits per heavy atom. The fourth-order valence-corrected chi connectivity index (χ4v) is 2.50. The topological polar surface area (TPSA) is 38.4 Å². The molecule has 0 aromatic carbocycles. The number of rotatable bonds is 2. The molecule has 0 aliphatic heterocycles. The summed E-state index contributed by atoms with van der Waals surface area (Å²) in [5, 5.41) is 0. The van der Waals surface area contributed by atoms with Gasteiger partial charge >= 0.3 is 0 Å². The van der Waals surface area contributed by atoms with Crippen molar-refractivity contribution < 1.29 is 0 Å². The molecule has 2 nitrogen and oxygen atoms in total. The average molecular weight is 180 g/mol. The van der Waals surface area contributed by atoms with Gasteiger partial charge in [0, 0.05) is 5.92 Å². The molecule has 0 spiro atoms. The van der Waals surface area contributed by atoms with Crippen molar-refractivity contribution >= 4 is 5.84 Å². The van der Waals surface area contributed by atoms with Crippen LogP contribution in [-0.4, -0.2) is 11.9 Å². The Bertz CT molecular complexity index is 198. The minimum Gasteiger partial charge on any atom is -0.387 e. The molecule has 2 aliphatic rings. The summed E-state index contributed by atoms with van der Waals surface area (Å²) in [6.45, 7) is 2.29. The molecule has 0 radical (unpaired) electrons. The van der Waals surface area contributed by atoms with Crippen LogP contribution in [-0.2, 0) is 0 Å². The Labute approximate surface area is 80.6 Å². The van der Waals surface area contributed by atoms with Crippen molar-refractivity contribution in [1.29, 1.82) is 0 Å². The molecule has 0 saturated heterocycles. The summed E-state index contributed by atoms with van der Waals surface area (Å²) < 4.78 is 0. The molecule has 0 amide bonds. The number of nitrogens with two attached hydrogens (primary N) is 1. The summed E-state index contributed by atoms with van der Waals surface area (Å²) in [5.74, 6) is 2.45. The highest BCUT2D eigenvalue weighted by atomic mass is 14.9. The fraction of sp³-hybridized carbons (Fsp3) is 0.909. The van der Waals surface area contributed by atoms with E-state index in [4.69, 9.17) is 5.73 Å². The van der Waals surface area contributed by atoms with Crippen LogP contribution in [0.2, 0.25) is 0 Å². The van der Waals surface area contributed by atoms with E-state index in [1.165, 1.54) is 38.5 Å². The first-order chi connectivity index (χ1) is 6.25. The maximum absolute atomic E-state index is 5.98. The number of hydrogen-bond donors (Lipinski definition) is 1. The van der Waals surface area contributed by atoms with Gasteiger partial charge in [-0.25, -0.2) is 0 Å². The van der Waals surface area contributed by atoms with E-state index >= 15 is 0 Å². The molecule has 74 valence electrons. The second kappa shape index (κ2) is 3.69. The molecule has 2 N–H and O–H groups in total. The first kappa shape index (κ1) is 9.04. The summed E-state index contributed by atoms with van der Waals surface area (Å²) in [5.41, 5.74) is 5.98. The fourth-order valence-electron chi connectivity index (χ4n) is 2.50. The summed E-state index contributed by atoms with van der Waals surface area (Å²) in [6, 6.07) is 0.565. The predicted molar refractivity (Wildman–Crippen MR) is 55.8 cm³/mol. The lowest BCUT2D eigenvalue weighted by Crippen LogP contribution is -2.30. The molecular weight excluding hydrogens is 160 g/mol. The smallest absolute Gasteiger partial charge is 0.0971 e. The van der Waals surface area contributed by atoms with E-state index in [0.29, 0.717) is 12.0 Å². The van der Waals surface area contributed by atoms with Crippen LogP contribution in [0.25, 0.3) is 0 Å². The number of aliphatic imine (C=N–C) groups is 1. The minimum atomic E-state index is 0.565. The lowest BCUT2D eigenvalue weighted by atomic mass is 9.82. The van der Waals surface area contributed by atoms with Gasteiger partial charge in [-0.2, -0.15) is 0 Å². The highest BCUT2D eigenvalue weighted by Crippen LogP contribution is 2.31. The third-order valence-corrected chi connectivity index (χ3v) is 3.45. The van der Waals surface area contributed by atoms with Gasteiger partial charge < -0.3 is 5.73 Å². The van der Waals surface area contributed by atoms with Crippen molar-refractivity contribution in [2.24, 2.45) is 22.6 Å². The molecule has 0 bridgehead atoms. The van der Waals surface area contributed by atoms with E-state index in [2.05, 4.69) is 11.9 Å². The molecular formula is C11H20N2. The third-order valence-electron chi connectivity index (χ3n) is 3.45. The first-order valence-electron chi connectivity index (χ1n) is 5.59. The van der Waals surface area contributed by atoms with Gasteiger partial charge in [-0.1, -0.05) is 19.8 Å². The molecule has 0 aromatic rings. The summed E-state index contributed by atoms with van der Waals surface area (Å²) >= 11 is 0. The molecule has 0 heterocycles. The van der Waals surface area contributed by atoms with E-state index in [0.717, 1.165) is 11.8 Å². The van der Waals surface area contributed by atoms with Gasteiger partial charge in [-0.3, -0.25) is 4.99 Å². The second-order valence-corrected chi connectivity index (χ2v) is 4.77. The molecule has 0 atom stereocenters. The monoisotopic (exact) mass is 180 g/mol. The van der Waals surface area contributed by atoms with Crippen molar-refractivity contribution in [3.8, 4) is 0 Å². The molecule has 2 saturated carbocycles. The largest absolute Gasteiger partial charge is 0.387 e. The lowest BCUT2D eigenvalue weighted by Gasteiger charge is -2.30. The Morgan fingerprint density at radius 1 is 1.23 bits per heavy atom. The van der Waals surface area contributed by atoms with Crippen molar-refractivity contribution in [3.05, 3.63) is 0 Å². The number of nitrogens with zero attached hydrogens (tertiary/aromatic N) is 1. The van der Waals surface area contributed by atoms with Crippen LogP contribution < -0.4 is 5.73 Å². The van der Waals surface area contributed by atoms with E-state index in [9.17, 15) is 0 Å². The summed E-state index contributed by atoms with van der Waals surface area (Å²) in [7, 11) is 0. The van der Waals surface area contributed by atoms with Crippen LogP contribution in [0.3, 0.4) is 0 Å². The highest BCUT2D eigenvalue weighted by Gasteiger charge is 2.26. The highest BCUT2D eigenvalue weighted by molar-refractivity contribution is 5.83. The Balaban J connectivity index is 1.84. The van der Waals surface area contributed by atoms with Gasteiger partial charge in [0.15, 0.2) is 0 Å². The van der Waals surface area contributed by atoms with Crippen molar-refractivity contribution in [3.63, 3.8) is 0 Å². The zero-order chi connectivity index (χ0) is 9.26. The molecule has 0 unspecified atom stereocenters. The Morgan fingerprint density at radius 3 is 2.38 bits per heavy atom. The van der Waals surface area contributed by atoms with E-state index in [1.807, 2.05) is 0 Å². The SMILES string of the molecule is CC1CC(N=C(N)C2CCCC2)C1. The lowest BCUT2D eigenvalue weighted by molar-refractivity contribution is 0.291. The first-order valence-corrected chi connectivity index (χ1v) is 5.59. The van der Waals surface area contributed by atoms with Gasteiger partial charge in [-0.15, -0.1) is 0 Å². The minimum absolute atomic E-state index is 0.565. The molecule has 13 heavy (non-hydrogen) atoms. The number of hydrogen-bond acceptors (Lipinski definition) is 1. The van der Waals surface area contributed by atoms with Crippen molar-refractivity contribution in [2.45, 2.75) is 51.5 Å². The van der Waals surface area contributed by atoms with Gasteiger partial charge in [0.1, 0.15) is 0 Å². The molecule has 0 aromatic heterocycles. The molecule has 2 aliphatic carbocycles. The van der Waals surface area contributed by atoms with Gasteiger partial charge in [0.2, 0.25) is 0 Å². The van der Waals surface area contributed by atoms with Crippen molar-refractivity contribution in [1.82, 2.24) is 0 Å². The van der Waals surface area contributed by atoms with E-state index in [1.54, 1.807) is 0 Å². The molecule has 2 rings (SSSR count). The van der Waals surface area contributed by atoms with E-state index in [-0.39, 0.29) is 0 Å². The number of amidine groups is 1. The zero-order valence-electron chi connectivity index (χ0n) is 8.50. The summed E-state index contributed by atoms with van der Waals surface area (Å²) in [6.07, 6.45) is 7.76. The van der Waals surface area contributed by atoms with Crippen LogP contribution in [0.4, 0.5) is 0 Å². The van der Waals surface area contributed by atoms with Gasteiger partial charge in [0.05, 0.1) is 11.9 Å². The van der Waals surface area contributed by atoms with Crippen LogP contribution >= 0.6 is 0 Å². The standard InChI is InChI=1S/C11H20N2/c1-8-6-10(7-8)13-11(12)9-4-2-3-5-9/h8-10H,2-7H2,1H3,(H2,12,13). The Hall–Kier alpha value is -0.530. The maximum Gasteiger partial charge on any atom is 0.0971 e. The summed E-state index contributed by atoms with van der Waals surface area (Å²) in [4.78, 5) is 4.61. The van der Waals surface area contributed by atoms with Crippen LogP contribution in [0.15, 0.2) is 4.99 Å². The van der Waals surface area contributed by atoms with Crippen molar-refractivity contribution in [2.75, 3.05) is 0 Å². The predicted octanol–water partition coefficient (Wildman–Crippen LogP) is 2.33. The normalized spacial score (nSPS) is 36.2. The van der Waals surface area contributed by atoms with Crippen LogP contribution in [0.1, 0.15) is 45.4 Å². The third kappa shape index (κ3) is 2.04. The average Bonchev–Trinajstić information content (AvgIpc) is 2.53. The second-order valence-electron chi connectivity index (χ2n) is 4.77. The van der Waals surface area contributed by atoms with Gasteiger partial charge in [0.25, 0.3) is 0 Å². The van der Waals surface area contributed by atoms with E-state index < -0.39 is 0 Å². The maximum atomic E-state index is 5.98.